The van der Waals surface area contributed by atoms with Gasteiger partial charge >= 0.3 is 0 Å². The minimum Gasteiger partial charge on any atom is -0.337 e. The molecule has 0 fully saturated rings. The van der Waals surface area contributed by atoms with Crippen molar-refractivity contribution in [2.24, 2.45) is 0 Å². The van der Waals surface area contributed by atoms with Crippen molar-refractivity contribution in [1.29, 1.82) is 0 Å². The minimum atomic E-state index is 0.0466. The average Bonchev–Trinajstić information content (AvgIpc) is 3.14. The van der Waals surface area contributed by atoms with Crippen molar-refractivity contribution in [2.45, 2.75) is 17.2 Å². The summed E-state index contributed by atoms with van der Waals surface area (Å²) in [6.07, 6.45) is 0. The second kappa shape index (κ2) is 8.56. The van der Waals surface area contributed by atoms with Crippen molar-refractivity contribution in [3.05, 3.63) is 87.1 Å². The predicted octanol–water partition coefficient (Wildman–Crippen LogP) is 5.97. The van der Waals surface area contributed by atoms with Gasteiger partial charge in [0.1, 0.15) is 0 Å². The van der Waals surface area contributed by atoms with Gasteiger partial charge in [0.15, 0.2) is 0 Å². The zero-order valence-electron chi connectivity index (χ0n) is 13.8. The lowest BCUT2D eigenvalue weighted by Gasteiger charge is -2.16. The molecular formula is C20H18ClNOS2. The predicted molar refractivity (Wildman–Crippen MR) is 108 cm³/mol. The van der Waals surface area contributed by atoms with E-state index in [-0.39, 0.29) is 5.91 Å². The van der Waals surface area contributed by atoms with Crippen LogP contribution in [-0.4, -0.2) is 17.9 Å². The number of amides is 1. The van der Waals surface area contributed by atoms with Gasteiger partial charge in [-0.1, -0.05) is 29.8 Å². The summed E-state index contributed by atoms with van der Waals surface area (Å²) in [4.78, 5) is 16.6. The second-order valence-corrected chi connectivity index (χ2v) is 8.20. The first-order chi connectivity index (χ1) is 12.1. The van der Waals surface area contributed by atoms with Crippen LogP contribution < -0.4 is 0 Å². The highest BCUT2D eigenvalue weighted by molar-refractivity contribution is 7.98. The largest absolute Gasteiger partial charge is 0.337 e. The van der Waals surface area contributed by atoms with Crippen LogP contribution in [0.2, 0.25) is 5.02 Å². The maximum absolute atomic E-state index is 12.5. The van der Waals surface area contributed by atoms with E-state index in [2.05, 4.69) is 0 Å². The van der Waals surface area contributed by atoms with Crippen LogP contribution in [-0.2, 0) is 12.3 Å². The summed E-state index contributed by atoms with van der Waals surface area (Å²) in [5, 5.41) is 2.78. The third kappa shape index (κ3) is 5.11. The first kappa shape index (κ1) is 18.1. The molecule has 3 aromatic rings. The van der Waals surface area contributed by atoms with Gasteiger partial charge in [-0.2, -0.15) is 0 Å². The Morgan fingerprint density at radius 3 is 2.44 bits per heavy atom. The number of halogens is 1. The molecule has 0 aliphatic carbocycles. The molecule has 128 valence electrons. The molecule has 0 spiro atoms. The molecule has 0 aliphatic heterocycles. The normalized spacial score (nSPS) is 10.6. The first-order valence-corrected chi connectivity index (χ1v) is 10.1. The number of carbonyl (C=O) groups is 1. The van der Waals surface area contributed by atoms with E-state index in [1.807, 2.05) is 73.1 Å². The lowest BCUT2D eigenvalue weighted by molar-refractivity contribution is 0.0786. The SMILES string of the molecule is CN(Cc1cccs1)C(=O)c1ccc(CSc2ccc(Cl)cc2)cc1. The molecule has 1 aromatic heterocycles. The Balaban J connectivity index is 1.57. The van der Waals surface area contributed by atoms with E-state index in [1.54, 1.807) is 28.0 Å². The van der Waals surface area contributed by atoms with Gasteiger partial charge in [-0.05, 0) is 53.4 Å². The number of hydrogen-bond donors (Lipinski definition) is 0. The fraction of sp³-hybridized carbons (Fsp3) is 0.150. The molecule has 2 nitrogen and oxygen atoms in total. The van der Waals surface area contributed by atoms with Gasteiger partial charge in [0.2, 0.25) is 0 Å². The summed E-state index contributed by atoms with van der Waals surface area (Å²) < 4.78 is 0. The molecule has 0 bridgehead atoms. The van der Waals surface area contributed by atoms with Crippen molar-refractivity contribution in [1.82, 2.24) is 4.90 Å². The zero-order valence-corrected chi connectivity index (χ0v) is 16.2. The van der Waals surface area contributed by atoms with Crippen LogP contribution in [0, 0.1) is 0 Å². The summed E-state index contributed by atoms with van der Waals surface area (Å²) in [7, 11) is 1.84. The Hall–Kier alpha value is -1.75. The Kier molecular flexibility index (Phi) is 6.19. The molecule has 1 heterocycles. The van der Waals surface area contributed by atoms with Crippen LogP contribution in [0.1, 0.15) is 20.8 Å². The molecule has 0 aliphatic rings. The van der Waals surface area contributed by atoms with Crippen LogP contribution in [0.3, 0.4) is 0 Å². The zero-order chi connectivity index (χ0) is 17.6. The number of carbonyl (C=O) groups excluding carboxylic acids is 1. The molecule has 0 N–H and O–H groups in total. The fourth-order valence-corrected chi connectivity index (χ4v) is 4.11. The van der Waals surface area contributed by atoms with Gasteiger partial charge in [0, 0.05) is 33.2 Å². The maximum Gasteiger partial charge on any atom is 0.253 e. The first-order valence-electron chi connectivity index (χ1n) is 7.87. The summed E-state index contributed by atoms with van der Waals surface area (Å²) in [5.74, 6) is 0.909. The molecule has 0 radical (unpaired) electrons. The molecule has 0 saturated heterocycles. The van der Waals surface area contributed by atoms with Crippen LogP contribution >= 0.6 is 34.7 Å². The fourth-order valence-electron chi connectivity index (χ4n) is 2.37. The van der Waals surface area contributed by atoms with Crippen molar-refractivity contribution < 1.29 is 4.79 Å². The van der Waals surface area contributed by atoms with Gasteiger partial charge in [0.05, 0.1) is 6.54 Å². The Bertz CT molecular complexity index is 814. The molecular weight excluding hydrogens is 370 g/mol. The van der Waals surface area contributed by atoms with Crippen molar-refractivity contribution in [2.75, 3.05) is 7.05 Å². The average molecular weight is 388 g/mol. The van der Waals surface area contributed by atoms with E-state index in [0.717, 1.165) is 16.3 Å². The highest BCUT2D eigenvalue weighted by atomic mass is 35.5. The number of hydrogen-bond acceptors (Lipinski definition) is 3. The van der Waals surface area contributed by atoms with E-state index in [9.17, 15) is 4.79 Å². The monoisotopic (exact) mass is 387 g/mol. The molecule has 25 heavy (non-hydrogen) atoms. The molecule has 0 atom stereocenters. The molecule has 0 saturated carbocycles. The van der Waals surface area contributed by atoms with Gasteiger partial charge in [-0.3, -0.25) is 4.79 Å². The molecule has 2 aromatic carbocycles. The summed E-state index contributed by atoms with van der Waals surface area (Å²) in [6.45, 7) is 0.644. The maximum atomic E-state index is 12.5. The minimum absolute atomic E-state index is 0.0466. The van der Waals surface area contributed by atoms with E-state index in [4.69, 9.17) is 11.6 Å². The Morgan fingerprint density at radius 2 is 1.80 bits per heavy atom. The van der Waals surface area contributed by atoms with E-state index in [0.29, 0.717) is 6.54 Å². The van der Waals surface area contributed by atoms with E-state index in [1.165, 1.54) is 15.3 Å². The van der Waals surface area contributed by atoms with Crippen LogP contribution in [0.15, 0.2) is 70.9 Å². The summed E-state index contributed by atoms with van der Waals surface area (Å²) >= 11 is 9.32. The van der Waals surface area contributed by atoms with Gasteiger partial charge < -0.3 is 4.90 Å². The second-order valence-electron chi connectivity index (χ2n) is 5.68. The number of rotatable bonds is 6. The van der Waals surface area contributed by atoms with Gasteiger partial charge in [0.25, 0.3) is 5.91 Å². The number of nitrogens with zero attached hydrogens (tertiary/aromatic N) is 1. The van der Waals surface area contributed by atoms with E-state index < -0.39 is 0 Å². The van der Waals surface area contributed by atoms with Crippen molar-refractivity contribution in [3.63, 3.8) is 0 Å². The van der Waals surface area contributed by atoms with E-state index >= 15 is 0 Å². The molecule has 1 amide bonds. The standard InChI is InChI=1S/C20H18ClNOS2/c1-22(13-19-3-2-12-24-19)20(23)16-6-4-15(5-7-16)14-25-18-10-8-17(21)9-11-18/h2-12H,13-14H2,1H3. The Morgan fingerprint density at radius 1 is 1.08 bits per heavy atom. The van der Waals surface area contributed by atoms with Crippen LogP contribution in [0.4, 0.5) is 0 Å². The summed E-state index contributed by atoms with van der Waals surface area (Å²) in [6, 6.07) is 19.7. The third-order valence-corrected chi connectivity index (χ3v) is 5.94. The van der Waals surface area contributed by atoms with Gasteiger partial charge in [-0.25, -0.2) is 0 Å². The lowest BCUT2D eigenvalue weighted by atomic mass is 10.1. The highest BCUT2D eigenvalue weighted by Gasteiger charge is 2.12. The lowest BCUT2D eigenvalue weighted by Crippen LogP contribution is -2.25. The molecule has 3 rings (SSSR count). The van der Waals surface area contributed by atoms with Crippen LogP contribution in [0.5, 0.6) is 0 Å². The quantitative estimate of drug-likeness (QED) is 0.486. The Labute approximate surface area is 161 Å². The smallest absolute Gasteiger partial charge is 0.253 e. The van der Waals surface area contributed by atoms with Crippen molar-refractivity contribution >= 4 is 40.6 Å². The topological polar surface area (TPSA) is 20.3 Å². The number of thiophene rings is 1. The highest BCUT2D eigenvalue weighted by Crippen LogP contribution is 2.24. The van der Waals surface area contributed by atoms with Crippen molar-refractivity contribution in [3.8, 4) is 0 Å². The molecule has 5 heteroatoms. The van der Waals surface area contributed by atoms with Crippen LogP contribution in [0.25, 0.3) is 0 Å². The molecule has 0 unspecified atom stereocenters. The van der Waals surface area contributed by atoms with Gasteiger partial charge in [-0.15, -0.1) is 23.1 Å². The number of thioether (sulfide) groups is 1. The third-order valence-electron chi connectivity index (χ3n) is 3.74. The summed E-state index contributed by atoms with van der Waals surface area (Å²) in [5.41, 5.74) is 1.91. The number of benzene rings is 2.